The van der Waals surface area contributed by atoms with E-state index >= 15 is 0 Å². The van der Waals surface area contributed by atoms with E-state index in [1.165, 1.54) is 0 Å². The van der Waals surface area contributed by atoms with E-state index in [4.69, 9.17) is 4.52 Å². The molecule has 1 aliphatic rings. The third-order valence-electron chi connectivity index (χ3n) is 4.83. The van der Waals surface area contributed by atoms with Gasteiger partial charge in [-0.05, 0) is 26.3 Å². The number of aryl methyl sites for hydroxylation is 3. The van der Waals surface area contributed by atoms with Gasteiger partial charge < -0.3 is 14.5 Å². The molecule has 2 aromatic rings. The van der Waals surface area contributed by atoms with Gasteiger partial charge in [-0.1, -0.05) is 5.16 Å². The number of aliphatic hydroxyl groups excluding tert-OH is 1. The van der Waals surface area contributed by atoms with Gasteiger partial charge in [-0.2, -0.15) is 5.10 Å². The van der Waals surface area contributed by atoms with Gasteiger partial charge in [0.1, 0.15) is 5.76 Å². The third kappa shape index (κ3) is 3.51. The Morgan fingerprint density at radius 3 is 2.83 bits per heavy atom. The van der Waals surface area contributed by atoms with Crippen molar-refractivity contribution in [1.82, 2.24) is 20.3 Å². The van der Waals surface area contributed by atoms with E-state index in [0.717, 1.165) is 28.4 Å². The Hall–Kier alpha value is -2.15. The second kappa shape index (κ2) is 6.76. The molecule has 7 nitrogen and oxygen atoms in total. The normalized spacial score (nSPS) is 20.8. The van der Waals surface area contributed by atoms with E-state index < -0.39 is 6.10 Å². The maximum absolute atomic E-state index is 12.4. The van der Waals surface area contributed by atoms with Crippen LogP contribution in [0.3, 0.4) is 0 Å². The third-order valence-corrected chi connectivity index (χ3v) is 4.83. The summed E-state index contributed by atoms with van der Waals surface area (Å²) in [7, 11) is 0. The summed E-state index contributed by atoms with van der Waals surface area (Å²) in [6, 6.07) is 1.87. The standard InChI is InChI=1S/C17H24N4O3/c1-10-6-14(24-20-10)7-13-8-21(9-16(13)22)17(23)5-4-15-11(2)12(3)18-19-15/h6,13,16,22H,4-5,7-9H2,1-3H3,(H,18,19)/t13-,16-/m1/s1. The SMILES string of the molecule is Cc1cc(C[C@@H]2CN(C(=O)CCc3n[nH]c(C)c3C)C[C@H]2O)on1. The number of aromatic nitrogens is 3. The fraction of sp³-hybridized carbons (Fsp3) is 0.588. The largest absolute Gasteiger partial charge is 0.391 e. The van der Waals surface area contributed by atoms with Crippen molar-refractivity contribution in [3.63, 3.8) is 0 Å². The lowest BCUT2D eigenvalue weighted by atomic mass is 10.0. The first-order valence-electron chi connectivity index (χ1n) is 8.32. The molecule has 0 spiro atoms. The molecule has 3 heterocycles. The summed E-state index contributed by atoms with van der Waals surface area (Å²) in [4.78, 5) is 14.2. The highest BCUT2D eigenvalue weighted by molar-refractivity contribution is 5.76. The van der Waals surface area contributed by atoms with Gasteiger partial charge in [0.15, 0.2) is 0 Å². The number of H-pyrrole nitrogens is 1. The summed E-state index contributed by atoms with van der Waals surface area (Å²) in [5.74, 6) is 0.814. The molecule has 2 N–H and O–H groups in total. The Kier molecular flexibility index (Phi) is 4.71. The van der Waals surface area contributed by atoms with Crippen molar-refractivity contribution in [3.05, 3.63) is 34.5 Å². The monoisotopic (exact) mass is 332 g/mol. The molecule has 7 heteroatoms. The molecule has 2 aromatic heterocycles. The fourth-order valence-corrected chi connectivity index (χ4v) is 3.19. The van der Waals surface area contributed by atoms with Crippen LogP contribution < -0.4 is 0 Å². The average molecular weight is 332 g/mol. The summed E-state index contributed by atoms with van der Waals surface area (Å²) >= 11 is 0. The van der Waals surface area contributed by atoms with E-state index in [9.17, 15) is 9.90 Å². The molecule has 24 heavy (non-hydrogen) atoms. The van der Waals surface area contributed by atoms with Gasteiger partial charge in [0.25, 0.3) is 0 Å². The topological polar surface area (TPSA) is 95.2 Å². The van der Waals surface area contributed by atoms with Gasteiger partial charge >= 0.3 is 0 Å². The van der Waals surface area contributed by atoms with Gasteiger partial charge in [-0.15, -0.1) is 0 Å². The van der Waals surface area contributed by atoms with Crippen molar-refractivity contribution in [1.29, 1.82) is 0 Å². The van der Waals surface area contributed by atoms with Gasteiger partial charge in [0.05, 0.1) is 17.5 Å². The fourth-order valence-electron chi connectivity index (χ4n) is 3.19. The zero-order chi connectivity index (χ0) is 17.3. The maximum atomic E-state index is 12.4. The molecular formula is C17H24N4O3. The molecule has 3 rings (SSSR count). The Morgan fingerprint density at radius 2 is 2.21 bits per heavy atom. The molecule has 1 fully saturated rings. The zero-order valence-corrected chi connectivity index (χ0v) is 14.4. The number of likely N-dealkylation sites (tertiary alicyclic amines) is 1. The van der Waals surface area contributed by atoms with Crippen LogP contribution in [0.1, 0.15) is 34.8 Å². The molecule has 0 saturated carbocycles. The first kappa shape index (κ1) is 16.7. The molecule has 0 aromatic carbocycles. The van der Waals surface area contributed by atoms with Gasteiger partial charge in [-0.25, -0.2) is 0 Å². The van der Waals surface area contributed by atoms with Crippen LogP contribution in [0.15, 0.2) is 10.6 Å². The predicted octanol–water partition coefficient (Wildman–Crippen LogP) is 1.32. The maximum Gasteiger partial charge on any atom is 0.223 e. The Bertz CT molecular complexity index is 721. The highest BCUT2D eigenvalue weighted by Crippen LogP contribution is 2.23. The molecule has 0 unspecified atom stereocenters. The number of carbonyl (C=O) groups excluding carboxylic acids is 1. The van der Waals surface area contributed by atoms with Crippen molar-refractivity contribution in [2.45, 2.75) is 46.1 Å². The number of aromatic amines is 1. The molecule has 130 valence electrons. The Balaban J connectivity index is 1.53. The molecular weight excluding hydrogens is 308 g/mol. The molecule has 0 bridgehead atoms. The van der Waals surface area contributed by atoms with Crippen LogP contribution in [0.5, 0.6) is 0 Å². The quantitative estimate of drug-likeness (QED) is 0.861. The van der Waals surface area contributed by atoms with Crippen LogP contribution in [0.4, 0.5) is 0 Å². The number of nitrogens with zero attached hydrogens (tertiary/aromatic N) is 3. The molecule has 1 aliphatic heterocycles. The van der Waals surface area contributed by atoms with Crippen LogP contribution in [-0.4, -0.2) is 50.5 Å². The first-order valence-corrected chi connectivity index (χ1v) is 8.32. The zero-order valence-electron chi connectivity index (χ0n) is 14.4. The molecule has 0 aliphatic carbocycles. The number of amides is 1. The first-order chi connectivity index (χ1) is 11.4. The number of rotatable bonds is 5. The van der Waals surface area contributed by atoms with Crippen LogP contribution in [-0.2, 0) is 17.6 Å². The summed E-state index contributed by atoms with van der Waals surface area (Å²) in [5.41, 5.74) is 3.92. The highest BCUT2D eigenvalue weighted by atomic mass is 16.5. The van der Waals surface area contributed by atoms with Crippen molar-refractivity contribution in [2.24, 2.45) is 5.92 Å². The number of β-amino-alcohol motifs (C(OH)–C–C–N with tert-alkyl or cyclic N) is 1. The van der Waals surface area contributed by atoms with E-state index in [1.807, 2.05) is 26.8 Å². The van der Waals surface area contributed by atoms with E-state index in [1.54, 1.807) is 4.90 Å². The van der Waals surface area contributed by atoms with E-state index in [-0.39, 0.29) is 11.8 Å². The minimum Gasteiger partial charge on any atom is -0.391 e. The van der Waals surface area contributed by atoms with Gasteiger partial charge in [-0.3, -0.25) is 9.89 Å². The van der Waals surface area contributed by atoms with Crippen LogP contribution >= 0.6 is 0 Å². The van der Waals surface area contributed by atoms with Gasteiger partial charge in [0.2, 0.25) is 5.91 Å². The molecule has 1 saturated heterocycles. The average Bonchev–Trinajstić information content (AvgIpc) is 3.21. The number of carbonyl (C=O) groups is 1. The number of nitrogens with one attached hydrogen (secondary N) is 1. The lowest BCUT2D eigenvalue weighted by molar-refractivity contribution is -0.130. The van der Waals surface area contributed by atoms with Gasteiger partial charge in [0, 0.05) is 50.0 Å². The molecule has 0 radical (unpaired) electrons. The van der Waals surface area contributed by atoms with E-state index in [0.29, 0.717) is 32.4 Å². The van der Waals surface area contributed by atoms with Crippen molar-refractivity contribution in [2.75, 3.05) is 13.1 Å². The van der Waals surface area contributed by atoms with Crippen LogP contribution in [0.25, 0.3) is 0 Å². The summed E-state index contributed by atoms with van der Waals surface area (Å²) < 4.78 is 5.21. The van der Waals surface area contributed by atoms with E-state index in [2.05, 4.69) is 15.4 Å². The van der Waals surface area contributed by atoms with Crippen molar-refractivity contribution in [3.8, 4) is 0 Å². The minimum atomic E-state index is -0.520. The summed E-state index contributed by atoms with van der Waals surface area (Å²) in [6.45, 7) is 6.79. The molecule has 2 atom stereocenters. The highest BCUT2D eigenvalue weighted by Gasteiger charge is 2.34. The molecule has 1 amide bonds. The smallest absolute Gasteiger partial charge is 0.223 e. The Morgan fingerprint density at radius 1 is 1.42 bits per heavy atom. The number of aliphatic hydroxyl groups is 1. The Labute approximate surface area is 141 Å². The van der Waals surface area contributed by atoms with Crippen LogP contribution in [0.2, 0.25) is 0 Å². The minimum absolute atomic E-state index is 0.00401. The predicted molar refractivity (Wildman–Crippen MR) is 87.4 cm³/mol. The van der Waals surface area contributed by atoms with Crippen molar-refractivity contribution >= 4 is 5.91 Å². The lowest BCUT2D eigenvalue weighted by Crippen LogP contribution is -2.29. The summed E-state index contributed by atoms with van der Waals surface area (Å²) in [5, 5.41) is 21.3. The lowest BCUT2D eigenvalue weighted by Gasteiger charge is -2.15. The second-order valence-corrected chi connectivity index (χ2v) is 6.69. The van der Waals surface area contributed by atoms with Crippen LogP contribution in [0, 0.1) is 26.7 Å². The summed E-state index contributed by atoms with van der Waals surface area (Å²) in [6.07, 6.45) is 1.11. The van der Waals surface area contributed by atoms with Crippen molar-refractivity contribution < 1.29 is 14.4 Å². The number of hydrogen-bond donors (Lipinski definition) is 2. The second-order valence-electron chi connectivity index (χ2n) is 6.69. The number of hydrogen-bond acceptors (Lipinski definition) is 5.